The molecule has 0 aliphatic carbocycles. The highest BCUT2D eigenvalue weighted by molar-refractivity contribution is 7.87. The van der Waals surface area contributed by atoms with Gasteiger partial charge in [-0.05, 0) is 6.42 Å². The van der Waals surface area contributed by atoms with Crippen LogP contribution in [0.4, 0.5) is 57.1 Å². The molecule has 1 N–H and O–H groups in total. The van der Waals surface area contributed by atoms with Crippen molar-refractivity contribution in [3.63, 3.8) is 0 Å². The zero-order valence-electron chi connectivity index (χ0n) is 11.9. The first-order valence-corrected chi connectivity index (χ1v) is 7.30. The van der Waals surface area contributed by atoms with Crippen LogP contribution in [0.5, 0.6) is 0 Å². The molecule has 1 unspecified atom stereocenters. The molecule has 0 amide bonds. The van der Waals surface area contributed by atoms with Crippen molar-refractivity contribution in [2.24, 2.45) is 0 Å². The minimum absolute atomic E-state index is 0.339. The predicted octanol–water partition coefficient (Wildman–Crippen LogP) is 4.39. The lowest BCUT2D eigenvalue weighted by atomic mass is 9.91. The molecule has 3 nitrogen and oxygen atoms in total. The van der Waals surface area contributed by atoms with E-state index in [4.69, 9.17) is 4.55 Å². The molecule has 0 aliphatic heterocycles. The Bertz CT molecular complexity index is 627. The standard InChI is InChI=1S/C9H7F13O3S/c1-2-3(10)4(11,12)5(13,14)6(15,16)7(17,18)8(19,20)9(21,22)26(23,24)25/h3H,2H2,1H3,(H,23,24,25). The largest absolute Gasteiger partial charge is 0.438 e. The summed E-state index contributed by atoms with van der Waals surface area (Å²) in [5.41, 5.74) is 0. The molecule has 0 heterocycles. The molecule has 158 valence electrons. The summed E-state index contributed by atoms with van der Waals surface area (Å²) >= 11 is 0. The molecular formula is C9H7F13O3S. The van der Waals surface area contributed by atoms with Gasteiger partial charge in [-0.2, -0.15) is 61.1 Å². The summed E-state index contributed by atoms with van der Waals surface area (Å²) in [5.74, 6) is -38.7. The Hall–Kier alpha value is -1.00. The van der Waals surface area contributed by atoms with Gasteiger partial charge in [-0.25, -0.2) is 4.39 Å². The minimum Gasteiger partial charge on any atom is -0.281 e. The van der Waals surface area contributed by atoms with E-state index in [-0.39, 0.29) is 0 Å². The second-order valence-corrected chi connectivity index (χ2v) is 6.25. The Morgan fingerprint density at radius 3 is 1.31 bits per heavy atom. The third-order valence-corrected chi connectivity index (χ3v) is 3.95. The molecule has 17 heteroatoms. The van der Waals surface area contributed by atoms with Crippen molar-refractivity contribution >= 4 is 10.1 Å². The number of alkyl halides is 13. The van der Waals surface area contributed by atoms with E-state index in [0.717, 1.165) is 0 Å². The van der Waals surface area contributed by atoms with Crippen molar-refractivity contribution in [3.8, 4) is 0 Å². The van der Waals surface area contributed by atoms with Gasteiger partial charge in [-0.3, -0.25) is 4.55 Å². The van der Waals surface area contributed by atoms with Crippen LogP contribution in [0.2, 0.25) is 0 Å². The molecule has 0 saturated heterocycles. The average Bonchev–Trinajstić information content (AvgIpc) is 2.43. The lowest BCUT2D eigenvalue weighted by molar-refractivity contribution is -0.421. The number of rotatable bonds is 8. The molecule has 0 bridgehead atoms. The zero-order valence-corrected chi connectivity index (χ0v) is 12.7. The second kappa shape index (κ2) is 6.27. The Balaban J connectivity index is 6.60. The van der Waals surface area contributed by atoms with E-state index in [1.54, 1.807) is 0 Å². The van der Waals surface area contributed by atoms with E-state index in [2.05, 4.69) is 0 Å². The lowest BCUT2D eigenvalue weighted by Gasteiger charge is -2.41. The van der Waals surface area contributed by atoms with Gasteiger partial charge in [-0.1, -0.05) is 6.92 Å². The van der Waals surface area contributed by atoms with E-state index in [9.17, 15) is 65.5 Å². The summed E-state index contributed by atoms with van der Waals surface area (Å²) < 4.78 is 197. The fourth-order valence-corrected chi connectivity index (χ4v) is 1.85. The normalized spacial score (nSPS) is 17.3. The molecule has 0 saturated carbocycles. The number of halogens is 13. The Labute approximate surface area is 135 Å². The summed E-state index contributed by atoms with van der Waals surface area (Å²) in [6, 6.07) is 0. The first-order chi connectivity index (χ1) is 11.0. The van der Waals surface area contributed by atoms with Gasteiger partial charge in [0.05, 0.1) is 0 Å². The van der Waals surface area contributed by atoms with E-state index < -0.39 is 57.6 Å². The summed E-state index contributed by atoms with van der Waals surface area (Å²) in [4.78, 5) is 0. The summed E-state index contributed by atoms with van der Waals surface area (Å²) in [7, 11) is -7.61. The molecule has 0 fully saturated rings. The van der Waals surface area contributed by atoms with Crippen LogP contribution in [0, 0.1) is 0 Å². The van der Waals surface area contributed by atoms with Gasteiger partial charge in [0, 0.05) is 0 Å². The maximum Gasteiger partial charge on any atom is 0.438 e. The Kier molecular flexibility index (Phi) is 6.03. The highest BCUT2D eigenvalue weighted by Gasteiger charge is 2.92. The Morgan fingerprint density at radius 2 is 1.04 bits per heavy atom. The summed E-state index contributed by atoms with van der Waals surface area (Å²) in [6.45, 7) is 0.339. The maximum atomic E-state index is 13.1. The maximum absolute atomic E-state index is 13.1. The molecule has 0 aromatic heterocycles. The van der Waals surface area contributed by atoms with Gasteiger partial charge in [0.2, 0.25) is 0 Å². The summed E-state index contributed by atoms with van der Waals surface area (Å²) in [6.07, 6.45) is -6.00. The average molecular weight is 442 g/mol. The molecule has 1 atom stereocenters. The lowest BCUT2D eigenvalue weighted by Crippen LogP contribution is -2.72. The highest BCUT2D eigenvalue weighted by atomic mass is 32.2. The number of hydrogen-bond acceptors (Lipinski definition) is 2. The van der Waals surface area contributed by atoms with Crippen LogP contribution < -0.4 is 0 Å². The van der Waals surface area contributed by atoms with Crippen molar-refractivity contribution in [1.29, 1.82) is 0 Å². The van der Waals surface area contributed by atoms with Gasteiger partial charge in [0.25, 0.3) is 0 Å². The van der Waals surface area contributed by atoms with Crippen molar-refractivity contribution in [3.05, 3.63) is 0 Å². The van der Waals surface area contributed by atoms with Gasteiger partial charge < -0.3 is 0 Å². The first-order valence-electron chi connectivity index (χ1n) is 5.86. The van der Waals surface area contributed by atoms with Crippen LogP contribution in [0.25, 0.3) is 0 Å². The van der Waals surface area contributed by atoms with Gasteiger partial charge >= 0.3 is 45.0 Å². The summed E-state index contributed by atoms with van der Waals surface area (Å²) in [5, 5.41) is -7.50. The third-order valence-electron chi connectivity index (χ3n) is 3.04. The van der Waals surface area contributed by atoms with Crippen molar-refractivity contribution in [2.75, 3.05) is 0 Å². The van der Waals surface area contributed by atoms with Gasteiger partial charge in [0.15, 0.2) is 6.17 Å². The molecule has 0 aliphatic rings. The molecule has 0 aromatic rings. The molecule has 0 radical (unpaired) electrons. The Morgan fingerprint density at radius 1 is 0.731 bits per heavy atom. The fraction of sp³-hybridized carbons (Fsp3) is 1.00. The van der Waals surface area contributed by atoms with Crippen molar-refractivity contribution in [1.82, 2.24) is 0 Å². The minimum atomic E-state index is -8.19. The van der Waals surface area contributed by atoms with Crippen LogP contribution in [0.3, 0.4) is 0 Å². The van der Waals surface area contributed by atoms with Crippen LogP contribution >= 0.6 is 0 Å². The quantitative estimate of drug-likeness (QED) is 0.448. The van der Waals surface area contributed by atoms with E-state index >= 15 is 0 Å². The highest BCUT2D eigenvalue weighted by Crippen LogP contribution is 2.61. The monoisotopic (exact) mass is 442 g/mol. The van der Waals surface area contributed by atoms with Gasteiger partial charge in [0.1, 0.15) is 0 Å². The van der Waals surface area contributed by atoms with Crippen LogP contribution in [0.1, 0.15) is 13.3 Å². The van der Waals surface area contributed by atoms with Crippen molar-refractivity contribution in [2.45, 2.75) is 54.4 Å². The van der Waals surface area contributed by atoms with Gasteiger partial charge in [-0.15, -0.1) is 0 Å². The molecular weight excluding hydrogens is 435 g/mol. The molecule has 0 spiro atoms. The van der Waals surface area contributed by atoms with Crippen molar-refractivity contribution < 1.29 is 70.0 Å². The first kappa shape index (κ1) is 25.0. The smallest absolute Gasteiger partial charge is 0.281 e. The third kappa shape index (κ3) is 2.99. The fourth-order valence-electron chi connectivity index (χ4n) is 1.40. The second-order valence-electron chi connectivity index (χ2n) is 4.79. The molecule has 0 aromatic carbocycles. The molecule has 26 heavy (non-hydrogen) atoms. The molecule has 0 rings (SSSR count). The van der Waals surface area contributed by atoms with Crippen LogP contribution in [0.15, 0.2) is 0 Å². The predicted molar refractivity (Wildman–Crippen MR) is 56.4 cm³/mol. The topological polar surface area (TPSA) is 54.4 Å². The van der Waals surface area contributed by atoms with E-state index in [1.165, 1.54) is 0 Å². The SMILES string of the molecule is CCC(F)C(F)(F)C(F)(F)C(F)(F)C(F)(F)C(F)(F)C(F)(F)S(=O)(=O)O. The van der Waals surface area contributed by atoms with E-state index in [1.807, 2.05) is 0 Å². The number of hydrogen-bond donors (Lipinski definition) is 1. The van der Waals surface area contributed by atoms with Crippen LogP contribution in [-0.2, 0) is 10.1 Å². The van der Waals surface area contributed by atoms with E-state index in [0.29, 0.717) is 6.92 Å². The van der Waals surface area contributed by atoms with Crippen LogP contribution in [-0.4, -0.2) is 54.0 Å². The zero-order chi connectivity index (χ0) is 21.8.